The van der Waals surface area contributed by atoms with E-state index in [1.165, 1.54) is 12.1 Å². The molecule has 1 amide bonds. The van der Waals surface area contributed by atoms with E-state index >= 15 is 0 Å². The standard InChI is InChI=1S/C13H17BrFNO/c1-2-11(14)6-7-16-13(17)9-10-4-3-5-12(15)8-10/h3-5,8,11H,2,6-7,9H2,1H3,(H,16,17). The minimum atomic E-state index is -0.304. The van der Waals surface area contributed by atoms with Gasteiger partial charge in [0.05, 0.1) is 6.42 Å². The van der Waals surface area contributed by atoms with Gasteiger partial charge in [-0.15, -0.1) is 0 Å². The minimum absolute atomic E-state index is 0.0635. The van der Waals surface area contributed by atoms with E-state index in [1.807, 2.05) is 0 Å². The quantitative estimate of drug-likeness (QED) is 0.804. The van der Waals surface area contributed by atoms with Gasteiger partial charge >= 0.3 is 0 Å². The van der Waals surface area contributed by atoms with Crippen LogP contribution in [-0.2, 0) is 11.2 Å². The molecule has 1 rings (SSSR count). The first kappa shape index (κ1) is 14.2. The lowest BCUT2D eigenvalue weighted by Gasteiger charge is -2.08. The van der Waals surface area contributed by atoms with Gasteiger partial charge in [0.25, 0.3) is 0 Å². The van der Waals surface area contributed by atoms with Gasteiger partial charge in [0.2, 0.25) is 5.91 Å². The molecular formula is C13H17BrFNO. The number of nitrogens with one attached hydrogen (secondary N) is 1. The molecule has 0 aliphatic carbocycles. The van der Waals surface area contributed by atoms with E-state index in [-0.39, 0.29) is 18.1 Å². The number of hydrogen-bond acceptors (Lipinski definition) is 1. The van der Waals surface area contributed by atoms with Crippen LogP contribution in [-0.4, -0.2) is 17.3 Å². The molecule has 94 valence electrons. The van der Waals surface area contributed by atoms with E-state index in [1.54, 1.807) is 12.1 Å². The molecule has 0 heterocycles. The highest BCUT2D eigenvalue weighted by molar-refractivity contribution is 9.09. The Kier molecular flexibility index (Phi) is 6.19. The summed E-state index contributed by atoms with van der Waals surface area (Å²) in [6, 6.07) is 6.13. The lowest BCUT2D eigenvalue weighted by molar-refractivity contribution is -0.120. The molecule has 0 aliphatic heterocycles. The Hall–Kier alpha value is -0.900. The molecule has 0 aliphatic rings. The fraction of sp³-hybridized carbons (Fsp3) is 0.462. The predicted molar refractivity (Wildman–Crippen MR) is 70.7 cm³/mol. The molecule has 0 spiro atoms. The van der Waals surface area contributed by atoms with Crippen molar-refractivity contribution >= 4 is 21.8 Å². The molecule has 0 fully saturated rings. The smallest absolute Gasteiger partial charge is 0.224 e. The Morgan fingerprint density at radius 2 is 2.29 bits per heavy atom. The van der Waals surface area contributed by atoms with Gasteiger partial charge in [-0.1, -0.05) is 35.0 Å². The number of carbonyl (C=O) groups is 1. The van der Waals surface area contributed by atoms with E-state index in [4.69, 9.17) is 0 Å². The van der Waals surface area contributed by atoms with Gasteiger partial charge in [0.15, 0.2) is 0 Å². The van der Waals surface area contributed by atoms with Crippen molar-refractivity contribution in [1.82, 2.24) is 5.32 Å². The maximum atomic E-state index is 12.9. The fourth-order valence-corrected chi connectivity index (χ4v) is 1.70. The number of alkyl halides is 1. The largest absolute Gasteiger partial charge is 0.356 e. The second-order valence-electron chi connectivity index (χ2n) is 3.95. The Bertz CT molecular complexity index is 370. The lowest BCUT2D eigenvalue weighted by atomic mass is 10.1. The molecule has 1 aromatic carbocycles. The normalized spacial score (nSPS) is 12.2. The molecule has 4 heteroatoms. The zero-order valence-electron chi connectivity index (χ0n) is 9.88. The van der Waals surface area contributed by atoms with Crippen LogP contribution in [0.25, 0.3) is 0 Å². The summed E-state index contributed by atoms with van der Waals surface area (Å²) in [5, 5.41) is 2.82. The number of rotatable bonds is 6. The summed E-state index contributed by atoms with van der Waals surface area (Å²) in [5.74, 6) is -0.367. The van der Waals surface area contributed by atoms with Crippen molar-refractivity contribution in [3.05, 3.63) is 35.6 Å². The highest BCUT2D eigenvalue weighted by atomic mass is 79.9. The Morgan fingerprint density at radius 3 is 2.94 bits per heavy atom. The Morgan fingerprint density at radius 1 is 1.53 bits per heavy atom. The van der Waals surface area contributed by atoms with Gasteiger partial charge in [-0.3, -0.25) is 4.79 Å². The lowest BCUT2D eigenvalue weighted by Crippen LogP contribution is -2.27. The highest BCUT2D eigenvalue weighted by Crippen LogP contribution is 2.08. The van der Waals surface area contributed by atoms with Gasteiger partial charge in [-0.2, -0.15) is 0 Å². The zero-order valence-corrected chi connectivity index (χ0v) is 11.5. The van der Waals surface area contributed by atoms with Crippen LogP contribution in [0.5, 0.6) is 0 Å². The molecular weight excluding hydrogens is 285 g/mol. The van der Waals surface area contributed by atoms with Crippen molar-refractivity contribution in [3.8, 4) is 0 Å². The number of hydrogen-bond donors (Lipinski definition) is 1. The van der Waals surface area contributed by atoms with Crippen LogP contribution in [0, 0.1) is 5.82 Å². The summed E-state index contributed by atoms with van der Waals surface area (Å²) < 4.78 is 12.9. The third kappa shape index (κ3) is 5.82. The maximum absolute atomic E-state index is 12.9. The van der Waals surface area contributed by atoms with Crippen LogP contribution >= 0.6 is 15.9 Å². The van der Waals surface area contributed by atoms with Gasteiger partial charge in [-0.25, -0.2) is 4.39 Å². The molecule has 1 aromatic rings. The number of amides is 1. The first-order valence-corrected chi connectivity index (χ1v) is 6.68. The average molecular weight is 302 g/mol. The monoisotopic (exact) mass is 301 g/mol. The van der Waals surface area contributed by atoms with E-state index in [0.29, 0.717) is 16.9 Å². The third-order valence-electron chi connectivity index (χ3n) is 2.48. The van der Waals surface area contributed by atoms with Crippen molar-refractivity contribution < 1.29 is 9.18 Å². The minimum Gasteiger partial charge on any atom is -0.356 e. The van der Waals surface area contributed by atoms with Crippen LogP contribution < -0.4 is 5.32 Å². The van der Waals surface area contributed by atoms with Crippen LogP contribution in [0.1, 0.15) is 25.3 Å². The van der Waals surface area contributed by atoms with Gasteiger partial charge in [0, 0.05) is 11.4 Å². The van der Waals surface area contributed by atoms with E-state index in [2.05, 4.69) is 28.2 Å². The molecule has 1 atom stereocenters. The summed E-state index contributed by atoms with van der Waals surface area (Å²) >= 11 is 3.50. The van der Waals surface area contributed by atoms with Crippen molar-refractivity contribution in [3.63, 3.8) is 0 Å². The third-order valence-corrected chi connectivity index (χ3v) is 3.58. The van der Waals surface area contributed by atoms with Crippen molar-refractivity contribution in [2.75, 3.05) is 6.54 Å². The molecule has 2 nitrogen and oxygen atoms in total. The SMILES string of the molecule is CCC(Br)CCNC(=O)Cc1cccc(F)c1. The summed E-state index contributed by atoms with van der Waals surface area (Å²) in [4.78, 5) is 12.0. The average Bonchev–Trinajstić information content (AvgIpc) is 2.28. The van der Waals surface area contributed by atoms with Crippen molar-refractivity contribution in [2.24, 2.45) is 0 Å². The molecule has 0 saturated heterocycles. The second kappa shape index (κ2) is 7.43. The van der Waals surface area contributed by atoms with E-state index < -0.39 is 0 Å². The summed E-state index contributed by atoms with van der Waals surface area (Å²) in [5.41, 5.74) is 0.702. The zero-order chi connectivity index (χ0) is 12.7. The van der Waals surface area contributed by atoms with Gasteiger partial charge in [0.1, 0.15) is 5.82 Å². The first-order valence-electron chi connectivity index (χ1n) is 5.77. The second-order valence-corrected chi connectivity index (χ2v) is 5.25. The highest BCUT2D eigenvalue weighted by Gasteiger charge is 2.05. The van der Waals surface area contributed by atoms with E-state index in [0.717, 1.165) is 12.8 Å². The van der Waals surface area contributed by atoms with Crippen LogP contribution in [0.15, 0.2) is 24.3 Å². The molecule has 0 aromatic heterocycles. The summed E-state index contributed by atoms with van der Waals surface area (Å²) in [6.07, 6.45) is 2.18. The van der Waals surface area contributed by atoms with Crippen LogP contribution in [0.3, 0.4) is 0 Å². The Labute approximate surface area is 110 Å². The van der Waals surface area contributed by atoms with Gasteiger partial charge in [-0.05, 0) is 30.5 Å². The molecule has 0 radical (unpaired) electrons. The first-order chi connectivity index (χ1) is 8.11. The summed E-state index contributed by atoms with van der Waals surface area (Å²) in [6.45, 7) is 2.74. The van der Waals surface area contributed by atoms with Crippen LogP contribution in [0.4, 0.5) is 4.39 Å². The molecule has 1 unspecified atom stereocenters. The molecule has 0 saturated carbocycles. The molecule has 1 N–H and O–H groups in total. The number of halogens is 2. The topological polar surface area (TPSA) is 29.1 Å². The Balaban J connectivity index is 2.30. The maximum Gasteiger partial charge on any atom is 0.224 e. The fourth-order valence-electron chi connectivity index (χ4n) is 1.47. The van der Waals surface area contributed by atoms with Crippen molar-refractivity contribution in [1.29, 1.82) is 0 Å². The molecule has 17 heavy (non-hydrogen) atoms. The number of carbonyl (C=O) groups excluding carboxylic acids is 1. The van der Waals surface area contributed by atoms with E-state index in [9.17, 15) is 9.18 Å². The molecule has 0 bridgehead atoms. The summed E-state index contributed by atoms with van der Waals surface area (Å²) in [7, 11) is 0. The predicted octanol–water partition coefficient (Wildman–Crippen LogP) is 3.05. The number of benzene rings is 1. The van der Waals surface area contributed by atoms with Crippen LogP contribution in [0.2, 0.25) is 0 Å². The van der Waals surface area contributed by atoms with Gasteiger partial charge < -0.3 is 5.32 Å². The van der Waals surface area contributed by atoms with Crippen molar-refractivity contribution in [2.45, 2.75) is 31.0 Å².